The van der Waals surface area contributed by atoms with Crippen LogP contribution in [-0.4, -0.2) is 47.2 Å². The molecule has 16 heavy (non-hydrogen) atoms. The van der Waals surface area contributed by atoms with Gasteiger partial charge in [0.05, 0.1) is 18.8 Å². The first-order valence-electron chi connectivity index (χ1n) is 5.83. The van der Waals surface area contributed by atoms with Crippen molar-refractivity contribution in [1.82, 2.24) is 5.32 Å². The molecule has 0 aromatic rings. The average molecular weight is 252 g/mol. The summed E-state index contributed by atoms with van der Waals surface area (Å²) in [5.74, 6) is 0.817. The highest BCUT2D eigenvalue weighted by Gasteiger charge is 2.43. The third kappa shape index (κ3) is 3.31. The summed E-state index contributed by atoms with van der Waals surface area (Å²) in [6.45, 7) is 1.75. The van der Waals surface area contributed by atoms with E-state index in [1.807, 2.05) is 0 Å². The Morgan fingerprint density at radius 3 is 2.12 bits per heavy atom. The molecule has 3 atom stereocenters. The van der Waals surface area contributed by atoms with E-state index in [1.54, 1.807) is 0 Å². The average Bonchev–Trinajstić information content (AvgIpc) is 2.96. The Labute approximate surface area is 102 Å². The monoisotopic (exact) mass is 251 g/mol. The van der Waals surface area contributed by atoms with Crippen molar-refractivity contribution in [2.24, 2.45) is 11.3 Å². The maximum atomic E-state index is 9.50. The molecule has 4 nitrogen and oxygen atoms in total. The lowest BCUT2D eigenvalue weighted by Gasteiger charge is -2.26. The molecule has 5 heteroatoms. The molecule has 4 N–H and O–H groups in total. The van der Waals surface area contributed by atoms with Crippen molar-refractivity contribution in [2.45, 2.75) is 37.9 Å². The Hall–Kier alpha value is 0.130. The van der Waals surface area contributed by atoms with E-state index in [0.717, 1.165) is 12.5 Å². The summed E-state index contributed by atoms with van der Waals surface area (Å²) in [5, 5.41) is 31.7. The maximum Gasteiger partial charge on any atom is 0.0806 e. The summed E-state index contributed by atoms with van der Waals surface area (Å²) in [6, 6.07) is 0. The normalized spacial score (nSPS) is 38.4. The quantitative estimate of drug-likeness (QED) is 0.551. The molecule has 0 spiro atoms. The number of hydrogen-bond acceptors (Lipinski definition) is 4. The van der Waals surface area contributed by atoms with Crippen LogP contribution in [-0.2, 0) is 0 Å². The minimum absolute atomic E-state index is 0. The van der Waals surface area contributed by atoms with Gasteiger partial charge in [0, 0.05) is 12.0 Å². The molecule has 2 saturated carbocycles. The van der Waals surface area contributed by atoms with Crippen LogP contribution in [0.3, 0.4) is 0 Å². The van der Waals surface area contributed by atoms with Crippen LogP contribution in [0, 0.1) is 11.3 Å². The standard InChI is InChI=1S/C11H21NO3.ClH/c13-7-11(3-9(14)10(15)4-11)6-12-5-8-1-2-8;/h8-10,12-15H,1-7H2;1H/t9-,10+,11?;. The second kappa shape index (κ2) is 5.65. The number of aliphatic hydroxyl groups excluding tert-OH is 3. The second-order valence-corrected chi connectivity index (χ2v) is 5.28. The molecule has 1 unspecified atom stereocenters. The molecule has 96 valence electrons. The molecule has 0 radical (unpaired) electrons. The van der Waals surface area contributed by atoms with Crippen molar-refractivity contribution in [3.8, 4) is 0 Å². The van der Waals surface area contributed by atoms with Crippen LogP contribution in [0.15, 0.2) is 0 Å². The number of halogens is 1. The van der Waals surface area contributed by atoms with Crippen molar-refractivity contribution < 1.29 is 15.3 Å². The summed E-state index contributed by atoms with van der Waals surface area (Å²) < 4.78 is 0. The van der Waals surface area contributed by atoms with Crippen molar-refractivity contribution in [2.75, 3.05) is 19.7 Å². The Morgan fingerprint density at radius 1 is 1.12 bits per heavy atom. The predicted octanol–water partition coefficient (Wildman–Crippen LogP) is -0.0979. The second-order valence-electron chi connectivity index (χ2n) is 5.28. The van der Waals surface area contributed by atoms with Crippen LogP contribution >= 0.6 is 12.4 Å². The van der Waals surface area contributed by atoms with Gasteiger partial charge in [0.25, 0.3) is 0 Å². The van der Waals surface area contributed by atoms with Crippen LogP contribution in [0.25, 0.3) is 0 Å². The summed E-state index contributed by atoms with van der Waals surface area (Å²) in [6.07, 6.45) is 2.29. The highest BCUT2D eigenvalue weighted by molar-refractivity contribution is 5.85. The number of nitrogens with one attached hydrogen (secondary N) is 1. The van der Waals surface area contributed by atoms with E-state index in [4.69, 9.17) is 0 Å². The Morgan fingerprint density at radius 2 is 1.69 bits per heavy atom. The van der Waals surface area contributed by atoms with E-state index in [9.17, 15) is 15.3 Å². The predicted molar refractivity (Wildman–Crippen MR) is 63.6 cm³/mol. The molecular weight excluding hydrogens is 230 g/mol. The Kier molecular flexibility index (Phi) is 5.01. The molecule has 0 heterocycles. The van der Waals surface area contributed by atoms with E-state index < -0.39 is 12.2 Å². The molecule has 2 rings (SSSR count). The Bertz CT molecular complexity index is 213. The van der Waals surface area contributed by atoms with Crippen molar-refractivity contribution in [3.05, 3.63) is 0 Å². The summed E-state index contributed by atoms with van der Waals surface area (Å²) in [7, 11) is 0. The molecule has 2 aliphatic carbocycles. The molecule has 0 aromatic heterocycles. The molecule has 2 aliphatic rings. The van der Waals surface area contributed by atoms with Crippen molar-refractivity contribution in [1.29, 1.82) is 0 Å². The van der Waals surface area contributed by atoms with Crippen LogP contribution in [0.5, 0.6) is 0 Å². The van der Waals surface area contributed by atoms with Crippen LogP contribution in [0.2, 0.25) is 0 Å². The van der Waals surface area contributed by atoms with Gasteiger partial charge in [0.1, 0.15) is 0 Å². The van der Waals surface area contributed by atoms with Crippen LogP contribution < -0.4 is 5.32 Å². The van der Waals surface area contributed by atoms with E-state index in [0.29, 0.717) is 19.4 Å². The molecule has 2 fully saturated rings. The van der Waals surface area contributed by atoms with Crippen LogP contribution in [0.1, 0.15) is 25.7 Å². The van der Waals surface area contributed by atoms with E-state index >= 15 is 0 Å². The van der Waals surface area contributed by atoms with E-state index in [-0.39, 0.29) is 24.4 Å². The van der Waals surface area contributed by atoms with Gasteiger partial charge in [-0.1, -0.05) is 0 Å². The first kappa shape index (κ1) is 14.2. The molecule has 0 aliphatic heterocycles. The van der Waals surface area contributed by atoms with Crippen molar-refractivity contribution in [3.63, 3.8) is 0 Å². The maximum absolute atomic E-state index is 9.50. The van der Waals surface area contributed by atoms with E-state index in [1.165, 1.54) is 12.8 Å². The fourth-order valence-corrected chi connectivity index (χ4v) is 2.44. The largest absolute Gasteiger partial charge is 0.396 e. The molecule has 0 bridgehead atoms. The van der Waals surface area contributed by atoms with Gasteiger partial charge in [-0.25, -0.2) is 0 Å². The smallest absolute Gasteiger partial charge is 0.0806 e. The zero-order valence-corrected chi connectivity index (χ0v) is 10.2. The number of aliphatic hydroxyl groups is 3. The first-order valence-corrected chi connectivity index (χ1v) is 5.83. The molecule has 0 amide bonds. The van der Waals surface area contributed by atoms with Gasteiger partial charge in [0.15, 0.2) is 0 Å². The summed E-state index contributed by atoms with van der Waals surface area (Å²) in [4.78, 5) is 0. The van der Waals surface area contributed by atoms with Gasteiger partial charge < -0.3 is 20.6 Å². The fourth-order valence-electron chi connectivity index (χ4n) is 2.44. The lowest BCUT2D eigenvalue weighted by molar-refractivity contribution is 0.0438. The minimum atomic E-state index is -0.667. The third-order valence-corrected chi connectivity index (χ3v) is 3.69. The van der Waals surface area contributed by atoms with Gasteiger partial charge in [-0.15, -0.1) is 12.4 Å². The molecule has 0 aromatic carbocycles. The number of hydrogen-bond donors (Lipinski definition) is 4. The zero-order chi connectivity index (χ0) is 10.9. The number of rotatable bonds is 5. The Balaban J connectivity index is 0.00000128. The summed E-state index contributed by atoms with van der Waals surface area (Å²) in [5.41, 5.74) is -0.312. The molecule has 0 saturated heterocycles. The van der Waals surface area contributed by atoms with Gasteiger partial charge in [0.2, 0.25) is 0 Å². The van der Waals surface area contributed by atoms with Gasteiger partial charge in [-0.05, 0) is 38.1 Å². The first-order chi connectivity index (χ1) is 7.15. The molecular formula is C11H22ClNO3. The zero-order valence-electron chi connectivity index (χ0n) is 9.43. The van der Waals surface area contributed by atoms with Gasteiger partial charge >= 0.3 is 0 Å². The SMILES string of the molecule is Cl.OCC1(CNCC2CC2)C[C@@H](O)[C@@H](O)C1. The van der Waals surface area contributed by atoms with Gasteiger partial charge in [-0.3, -0.25) is 0 Å². The highest BCUT2D eigenvalue weighted by Crippen LogP contribution is 2.38. The van der Waals surface area contributed by atoms with Gasteiger partial charge in [-0.2, -0.15) is 0 Å². The van der Waals surface area contributed by atoms with Crippen LogP contribution in [0.4, 0.5) is 0 Å². The van der Waals surface area contributed by atoms with E-state index in [2.05, 4.69) is 5.32 Å². The fraction of sp³-hybridized carbons (Fsp3) is 1.00. The van der Waals surface area contributed by atoms with Crippen molar-refractivity contribution >= 4 is 12.4 Å². The minimum Gasteiger partial charge on any atom is -0.396 e. The summed E-state index contributed by atoms with van der Waals surface area (Å²) >= 11 is 0. The third-order valence-electron chi connectivity index (χ3n) is 3.69. The highest BCUT2D eigenvalue weighted by atomic mass is 35.5. The lowest BCUT2D eigenvalue weighted by Crippen LogP contribution is -2.37. The lowest BCUT2D eigenvalue weighted by atomic mass is 9.87. The topological polar surface area (TPSA) is 72.7 Å².